The van der Waals surface area contributed by atoms with E-state index in [1.54, 1.807) is 25.1 Å². The van der Waals surface area contributed by atoms with Crippen molar-refractivity contribution in [3.05, 3.63) is 75.7 Å². The Balaban J connectivity index is 1.63. The Hall–Kier alpha value is -2.96. The predicted molar refractivity (Wildman–Crippen MR) is 129 cm³/mol. The number of amides is 2. The van der Waals surface area contributed by atoms with Gasteiger partial charge >= 0.3 is 0 Å². The Labute approximate surface area is 195 Å². The molecule has 0 bridgehead atoms. The highest BCUT2D eigenvalue weighted by Gasteiger charge is 2.33. The number of carbonyl (C=O) groups excluding carboxylic acids is 2. The molecule has 164 valence electrons. The first-order valence-corrected chi connectivity index (χ1v) is 11.5. The number of thioether (sulfide) groups is 1. The lowest BCUT2D eigenvalue weighted by Crippen LogP contribution is -2.27. The fourth-order valence-electron chi connectivity index (χ4n) is 3.57. The monoisotopic (exact) mass is 467 g/mol. The number of hydrogen-bond acceptors (Lipinski definition) is 5. The van der Waals surface area contributed by atoms with Crippen LogP contribution < -0.4 is 9.47 Å². The molecule has 0 radical (unpaired) electrons. The van der Waals surface area contributed by atoms with Gasteiger partial charge in [0.25, 0.3) is 11.1 Å². The maximum Gasteiger partial charge on any atom is 0.293 e. The second kappa shape index (κ2) is 9.67. The van der Waals surface area contributed by atoms with Gasteiger partial charge in [-0.2, -0.15) is 0 Å². The molecule has 1 saturated heterocycles. The molecule has 1 aliphatic heterocycles. The van der Waals surface area contributed by atoms with Gasteiger partial charge in [-0.05, 0) is 65.7 Å². The van der Waals surface area contributed by atoms with Crippen molar-refractivity contribution >= 4 is 51.4 Å². The van der Waals surface area contributed by atoms with Gasteiger partial charge in [0.15, 0.2) is 11.5 Å². The molecule has 0 aromatic heterocycles. The normalized spacial score (nSPS) is 15.1. The predicted octanol–water partition coefficient (Wildman–Crippen LogP) is 6.53. The summed E-state index contributed by atoms with van der Waals surface area (Å²) in [5, 5.41) is 2.36. The maximum absolute atomic E-state index is 12.4. The number of carbonyl (C=O) groups is 2. The Bertz CT molecular complexity index is 1220. The number of imide groups is 1. The van der Waals surface area contributed by atoms with Gasteiger partial charge in [0.2, 0.25) is 0 Å². The summed E-state index contributed by atoms with van der Waals surface area (Å²) in [6, 6.07) is 17.7. The van der Waals surface area contributed by atoms with Crippen molar-refractivity contribution in [2.45, 2.75) is 20.5 Å². The van der Waals surface area contributed by atoms with Gasteiger partial charge in [-0.25, -0.2) is 0 Å². The number of halogens is 1. The van der Waals surface area contributed by atoms with E-state index in [-0.39, 0.29) is 11.1 Å². The molecule has 0 unspecified atom stereocenters. The smallest absolute Gasteiger partial charge is 0.293 e. The second-order valence-corrected chi connectivity index (χ2v) is 8.52. The zero-order valence-corrected chi connectivity index (χ0v) is 19.3. The molecule has 3 aromatic carbocycles. The quantitative estimate of drug-likeness (QED) is 0.370. The van der Waals surface area contributed by atoms with Crippen LogP contribution in [0.25, 0.3) is 16.8 Å². The van der Waals surface area contributed by atoms with Crippen LogP contribution in [0.15, 0.2) is 59.5 Å². The minimum atomic E-state index is -0.298. The number of fused-ring (bicyclic) bond motifs is 1. The second-order valence-electron chi connectivity index (χ2n) is 7.12. The van der Waals surface area contributed by atoms with E-state index < -0.39 is 0 Å². The Morgan fingerprint density at radius 3 is 2.56 bits per heavy atom. The lowest BCUT2D eigenvalue weighted by molar-refractivity contribution is -0.122. The van der Waals surface area contributed by atoms with Crippen LogP contribution in [0.5, 0.6) is 11.5 Å². The summed E-state index contributed by atoms with van der Waals surface area (Å²) < 4.78 is 11.9. The van der Waals surface area contributed by atoms with E-state index in [4.69, 9.17) is 21.1 Å². The van der Waals surface area contributed by atoms with Crippen molar-refractivity contribution in [1.82, 2.24) is 4.90 Å². The largest absolute Gasteiger partial charge is 0.490 e. The van der Waals surface area contributed by atoms with Gasteiger partial charge in [0.1, 0.15) is 6.61 Å². The van der Waals surface area contributed by atoms with Crippen molar-refractivity contribution in [3.63, 3.8) is 0 Å². The molecule has 5 nitrogen and oxygen atoms in total. The van der Waals surface area contributed by atoms with Crippen LogP contribution >= 0.6 is 23.4 Å². The van der Waals surface area contributed by atoms with Gasteiger partial charge in [-0.1, -0.05) is 54.1 Å². The number of rotatable bonds is 7. The molecular formula is C25H22ClNO4S. The molecule has 32 heavy (non-hydrogen) atoms. The van der Waals surface area contributed by atoms with Crippen molar-refractivity contribution in [2.24, 2.45) is 0 Å². The van der Waals surface area contributed by atoms with E-state index in [0.717, 1.165) is 28.1 Å². The van der Waals surface area contributed by atoms with E-state index in [2.05, 4.69) is 18.2 Å². The van der Waals surface area contributed by atoms with E-state index in [1.165, 1.54) is 4.90 Å². The molecular weight excluding hydrogens is 446 g/mol. The Kier molecular flexibility index (Phi) is 6.72. The SMILES string of the molecule is CCOc1cc(/C=C2/SC(=O)N(CC)C2=O)cc(Cl)c1OCc1cccc2ccccc12. The van der Waals surface area contributed by atoms with Crippen LogP contribution in [0, 0.1) is 0 Å². The standard InChI is InChI=1S/C25H22ClNO4S/c1-3-27-24(28)22(32-25(27)29)14-16-12-20(26)23(21(13-16)30-4-2)31-15-18-10-7-9-17-8-5-6-11-19(17)18/h5-14H,3-4,15H2,1-2H3/b22-14+. The lowest BCUT2D eigenvalue weighted by Gasteiger charge is -2.15. The van der Waals surface area contributed by atoms with Crippen molar-refractivity contribution in [3.8, 4) is 11.5 Å². The molecule has 4 rings (SSSR count). The fourth-order valence-corrected chi connectivity index (χ4v) is 4.74. The molecule has 0 aliphatic carbocycles. The molecule has 1 fully saturated rings. The van der Waals surface area contributed by atoms with Crippen LogP contribution in [0.1, 0.15) is 25.0 Å². The molecule has 2 amide bonds. The summed E-state index contributed by atoms with van der Waals surface area (Å²) in [5.74, 6) is 0.634. The van der Waals surface area contributed by atoms with Crippen molar-refractivity contribution < 1.29 is 19.1 Å². The summed E-state index contributed by atoms with van der Waals surface area (Å²) in [6.45, 7) is 4.74. The average molecular weight is 468 g/mol. The molecule has 0 N–H and O–H groups in total. The molecule has 0 saturated carbocycles. The van der Waals surface area contributed by atoms with Crippen LogP contribution in [-0.4, -0.2) is 29.2 Å². The average Bonchev–Trinajstić information content (AvgIpc) is 3.05. The van der Waals surface area contributed by atoms with Crippen LogP contribution in [-0.2, 0) is 11.4 Å². The highest BCUT2D eigenvalue weighted by molar-refractivity contribution is 8.18. The summed E-state index contributed by atoms with van der Waals surface area (Å²) in [4.78, 5) is 26.0. The third-order valence-corrected chi connectivity index (χ3v) is 6.26. The number of benzene rings is 3. The summed E-state index contributed by atoms with van der Waals surface area (Å²) in [6.07, 6.45) is 1.66. The minimum absolute atomic E-state index is 0.269. The van der Waals surface area contributed by atoms with Gasteiger partial charge in [-0.3, -0.25) is 14.5 Å². The van der Waals surface area contributed by atoms with Gasteiger partial charge in [0, 0.05) is 6.54 Å². The van der Waals surface area contributed by atoms with Gasteiger partial charge in [-0.15, -0.1) is 0 Å². The minimum Gasteiger partial charge on any atom is -0.490 e. The van der Waals surface area contributed by atoms with Crippen molar-refractivity contribution in [1.29, 1.82) is 0 Å². The summed E-state index contributed by atoms with van der Waals surface area (Å²) in [7, 11) is 0. The summed E-state index contributed by atoms with van der Waals surface area (Å²) in [5.41, 5.74) is 1.71. The van der Waals surface area contributed by atoms with E-state index in [0.29, 0.717) is 46.7 Å². The Morgan fingerprint density at radius 1 is 1.03 bits per heavy atom. The first-order chi connectivity index (χ1) is 15.5. The van der Waals surface area contributed by atoms with Gasteiger partial charge in [0.05, 0.1) is 16.5 Å². The molecule has 3 aromatic rings. The third-order valence-electron chi connectivity index (χ3n) is 5.07. The molecule has 1 heterocycles. The highest BCUT2D eigenvalue weighted by Crippen LogP contribution is 2.39. The molecule has 0 spiro atoms. The van der Waals surface area contributed by atoms with Crippen LogP contribution in [0.3, 0.4) is 0 Å². The third kappa shape index (κ3) is 4.47. The fraction of sp³-hybridized carbons (Fsp3) is 0.200. The number of ether oxygens (including phenoxy) is 2. The molecule has 1 aliphatic rings. The first-order valence-electron chi connectivity index (χ1n) is 10.3. The van der Waals surface area contributed by atoms with E-state index in [1.807, 2.05) is 31.2 Å². The Morgan fingerprint density at radius 2 is 1.81 bits per heavy atom. The lowest BCUT2D eigenvalue weighted by atomic mass is 10.1. The van der Waals surface area contributed by atoms with E-state index >= 15 is 0 Å². The maximum atomic E-state index is 12.4. The zero-order valence-electron chi connectivity index (χ0n) is 17.8. The number of hydrogen-bond donors (Lipinski definition) is 0. The van der Waals surface area contributed by atoms with Crippen LogP contribution in [0.4, 0.5) is 4.79 Å². The topological polar surface area (TPSA) is 55.8 Å². The number of likely N-dealkylation sites (N-methyl/N-ethyl adjacent to an activating group) is 1. The highest BCUT2D eigenvalue weighted by atomic mass is 35.5. The van der Waals surface area contributed by atoms with Gasteiger partial charge < -0.3 is 9.47 Å². The number of nitrogens with zero attached hydrogens (tertiary/aromatic N) is 1. The first kappa shape index (κ1) is 22.2. The molecule has 0 atom stereocenters. The van der Waals surface area contributed by atoms with Crippen molar-refractivity contribution in [2.75, 3.05) is 13.2 Å². The zero-order chi connectivity index (χ0) is 22.7. The molecule has 7 heteroatoms. The van der Waals surface area contributed by atoms with E-state index in [9.17, 15) is 9.59 Å². The van der Waals surface area contributed by atoms with Crippen LogP contribution in [0.2, 0.25) is 5.02 Å². The summed E-state index contributed by atoms with van der Waals surface area (Å²) >= 11 is 7.48.